The van der Waals surface area contributed by atoms with Gasteiger partial charge >= 0.3 is 30.8 Å². The fraction of sp³-hybridized carbons (Fsp3) is 0.143. The van der Waals surface area contributed by atoms with E-state index < -0.39 is 17.8 Å². The molecule has 0 spiro atoms. The van der Waals surface area contributed by atoms with Gasteiger partial charge in [0.05, 0.1) is 0 Å². The third kappa shape index (κ3) is 14.0. The molecular weight excluding hydrogens is 564 g/mol. The molecule has 0 aromatic heterocycles. The second kappa shape index (κ2) is 21.9. The van der Waals surface area contributed by atoms with E-state index in [-0.39, 0.29) is 19.5 Å². The molecule has 34 heavy (non-hydrogen) atoms. The molecule has 1 unspecified atom stereocenters. The van der Waals surface area contributed by atoms with Crippen molar-refractivity contribution in [3.63, 3.8) is 0 Å². The van der Waals surface area contributed by atoms with Crippen molar-refractivity contribution in [2.45, 2.75) is 19.8 Å². The quantitative estimate of drug-likeness (QED) is 0.0916. The standard InChI is InChI=1S/C18H15P.C5H5.C4H10OS2.CO.Ru/c1-4-10-16(11-5-1)19(17-12-6-2-7-13-17)18-14-8-3-9-15-18;1-2-4-5-3-1;1-2-3-4-7(5)6;1-2;/h1-15H;1-5H;2-4H2,1H3,(H,5,6);;/q;;;;+1/p-1. The van der Waals surface area contributed by atoms with E-state index >= 15 is 0 Å². The second-order valence-corrected chi connectivity index (χ2v) is 11.0. The van der Waals surface area contributed by atoms with Crippen LogP contribution in [0.4, 0.5) is 0 Å². The molecule has 2 radical (unpaired) electrons. The summed E-state index contributed by atoms with van der Waals surface area (Å²) in [6.45, 7) is 6.56. The van der Waals surface area contributed by atoms with E-state index in [1.165, 1.54) is 15.9 Å². The summed E-state index contributed by atoms with van der Waals surface area (Å²) in [5.41, 5.74) is 0. The first-order chi connectivity index (χ1) is 16.2. The molecule has 1 aliphatic rings. The van der Waals surface area contributed by atoms with Gasteiger partial charge in [-0.05, 0) is 36.0 Å². The zero-order valence-corrected chi connectivity index (χ0v) is 23.4. The number of hydrogen-bond acceptors (Lipinski definition) is 2. The molecule has 178 valence electrons. The Morgan fingerprint density at radius 2 is 1.09 bits per heavy atom. The third-order valence-electron chi connectivity index (χ3n) is 4.26. The van der Waals surface area contributed by atoms with Crippen LogP contribution in [-0.2, 0) is 45.6 Å². The number of allylic oxidation sites excluding steroid dienone is 4. The van der Waals surface area contributed by atoms with Crippen molar-refractivity contribution in [3.8, 4) is 0 Å². The molecule has 3 aromatic carbocycles. The van der Waals surface area contributed by atoms with Crippen LogP contribution < -0.4 is 15.9 Å². The maximum atomic E-state index is 10.1. The van der Waals surface area contributed by atoms with Gasteiger partial charge in [-0.25, -0.2) is 0 Å². The predicted octanol–water partition coefficient (Wildman–Crippen LogP) is 5.72. The van der Waals surface area contributed by atoms with Gasteiger partial charge in [-0.3, -0.25) is 4.21 Å². The van der Waals surface area contributed by atoms with Gasteiger partial charge in [0, 0.05) is 6.42 Å². The SMILES string of the molecule is CCCCS(=O)[S-].[C-]#[O+].[CH]1C=CC=C1.[Ru+].c1ccc(P(c2ccccc2)c2ccccc2)cc1. The largest absolute Gasteiger partial charge is 1.00 e. The van der Waals surface area contributed by atoms with Crippen molar-refractivity contribution < 1.29 is 28.3 Å². The van der Waals surface area contributed by atoms with Crippen molar-refractivity contribution in [3.05, 3.63) is 128 Å². The average Bonchev–Trinajstić information content (AvgIpc) is 3.47. The minimum absolute atomic E-state index is 0. The van der Waals surface area contributed by atoms with E-state index in [1.807, 2.05) is 30.7 Å². The van der Waals surface area contributed by atoms with E-state index in [0.717, 1.165) is 12.8 Å². The van der Waals surface area contributed by atoms with Gasteiger partial charge < -0.3 is 11.7 Å². The van der Waals surface area contributed by atoms with Crippen LogP contribution in [0, 0.1) is 13.1 Å². The number of unbranched alkanes of at least 4 members (excludes halogenated alkanes) is 1. The van der Waals surface area contributed by atoms with E-state index in [1.54, 1.807) is 0 Å². The van der Waals surface area contributed by atoms with Crippen molar-refractivity contribution in [2.24, 2.45) is 0 Å². The molecule has 3 aromatic rings. The van der Waals surface area contributed by atoms with Crippen LogP contribution in [0.25, 0.3) is 0 Å². The van der Waals surface area contributed by atoms with E-state index in [0.29, 0.717) is 5.75 Å². The summed E-state index contributed by atoms with van der Waals surface area (Å²) in [5, 5.41) is 4.19. The first-order valence-electron chi connectivity index (χ1n) is 10.6. The smallest absolute Gasteiger partial charge is 0.0767 e. The normalized spacial score (nSPS) is 11.4. The van der Waals surface area contributed by atoms with Crippen LogP contribution in [0.5, 0.6) is 0 Å². The molecule has 4 rings (SSSR count). The van der Waals surface area contributed by atoms with Crippen LogP contribution in [0.3, 0.4) is 0 Å². The number of benzene rings is 3. The summed E-state index contributed by atoms with van der Waals surface area (Å²) in [6.07, 6.45) is 12.1. The molecule has 0 saturated heterocycles. The van der Waals surface area contributed by atoms with E-state index in [4.69, 9.17) is 4.65 Å². The first kappa shape index (κ1) is 32.4. The Bertz CT molecular complexity index is 874. The van der Waals surface area contributed by atoms with Crippen LogP contribution >= 0.6 is 7.92 Å². The first-order valence-corrected chi connectivity index (χ1v) is 14.2. The van der Waals surface area contributed by atoms with Gasteiger partial charge in [0.1, 0.15) is 0 Å². The topological polar surface area (TPSA) is 37.0 Å². The third-order valence-corrected chi connectivity index (χ3v) is 7.83. The summed E-state index contributed by atoms with van der Waals surface area (Å²) in [7, 11) is -1.43. The van der Waals surface area contributed by atoms with Gasteiger partial charge in [-0.2, -0.15) is 0 Å². The van der Waals surface area contributed by atoms with Crippen LogP contribution in [-0.4, -0.2) is 9.96 Å². The summed E-state index contributed by atoms with van der Waals surface area (Å²) < 4.78 is 17.6. The Labute approximate surface area is 226 Å². The van der Waals surface area contributed by atoms with Gasteiger partial charge in [0.25, 0.3) is 0 Å². The predicted molar refractivity (Wildman–Crippen MR) is 147 cm³/mol. The molecule has 0 aliphatic heterocycles. The Balaban J connectivity index is 0.000000603. The Morgan fingerprint density at radius 1 is 0.735 bits per heavy atom. The molecule has 0 fully saturated rings. The average molecular weight is 594 g/mol. The number of hydrogen-bond donors (Lipinski definition) is 0. The maximum Gasteiger partial charge on any atom is 1.00 e. The molecule has 0 bridgehead atoms. The van der Waals surface area contributed by atoms with Crippen molar-refractivity contribution >= 4 is 45.3 Å². The molecule has 0 saturated carbocycles. The Hall–Kier alpha value is -1.57. The van der Waals surface area contributed by atoms with Crippen molar-refractivity contribution in [2.75, 3.05) is 5.75 Å². The monoisotopic (exact) mass is 594 g/mol. The van der Waals surface area contributed by atoms with Crippen molar-refractivity contribution in [1.29, 1.82) is 0 Å². The Morgan fingerprint density at radius 3 is 1.29 bits per heavy atom. The second-order valence-electron chi connectivity index (χ2n) is 6.67. The summed E-state index contributed by atoms with van der Waals surface area (Å²) in [4.78, 5) is 0. The summed E-state index contributed by atoms with van der Waals surface area (Å²) >= 11 is 4.42. The minimum Gasteiger partial charge on any atom is -0.0767 e. The fourth-order valence-corrected chi connectivity index (χ4v) is 5.94. The molecule has 0 N–H and O–H groups in total. The fourth-order valence-electron chi connectivity index (χ4n) is 2.76. The molecule has 6 heteroatoms. The van der Waals surface area contributed by atoms with Crippen molar-refractivity contribution in [1.82, 2.24) is 0 Å². The van der Waals surface area contributed by atoms with E-state index in [2.05, 4.69) is 116 Å². The van der Waals surface area contributed by atoms with Gasteiger partial charge in [-0.15, -0.1) is 9.83 Å². The van der Waals surface area contributed by atoms with Crippen LogP contribution in [0.1, 0.15) is 19.8 Å². The maximum absolute atomic E-state index is 10.1. The van der Waals surface area contributed by atoms with Crippen LogP contribution in [0.2, 0.25) is 0 Å². The van der Waals surface area contributed by atoms with Gasteiger partial charge in [0.15, 0.2) is 0 Å². The van der Waals surface area contributed by atoms with Gasteiger partial charge in [0.2, 0.25) is 0 Å². The minimum atomic E-state index is -0.982. The summed E-state index contributed by atoms with van der Waals surface area (Å²) in [5.74, 6) is 0.686. The Kier molecular flexibility index (Phi) is 20.9. The molecule has 2 nitrogen and oxygen atoms in total. The molecule has 0 amide bonds. The van der Waals surface area contributed by atoms with E-state index in [9.17, 15) is 4.21 Å². The van der Waals surface area contributed by atoms with Crippen LogP contribution in [0.15, 0.2) is 115 Å². The molecule has 1 atom stereocenters. The zero-order valence-electron chi connectivity index (χ0n) is 19.1. The molecular formula is C28H29O2PRuS2. The molecule has 1 aliphatic carbocycles. The summed E-state index contributed by atoms with van der Waals surface area (Å²) in [6, 6.07) is 32.3. The molecule has 0 heterocycles. The number of rotatable bonds is 6. The zero-order chi connectivity index (χ0) is 24.2. The van der Waals surface area contributed by atoms with Gasteiger partial charge in [-0.1, -0.05) is 129 Å².